The summed E-state index contributed by atoms with van der Waals surface area (Å²) in [5, 5.41) is 2.77. The van der Waals surface area contributed by atoms with Crippen LogP contribution in [-0.2, 0) is 10.0 Å². The minimum Gasteiger partial charge on any atom is -0.322 e. The van der Waals surface area contributed by atoms with E-state index in [0.29, 0.717) is 24.3 Å². The number of rotatable bonds is 4. The number of nitrogens with one attached hydrogen (secondary N) is 1. The number of sulfonamides is 1. The molecular weight excluding hydrogens is 344 g/mol. The smallest absolute Gasteiger partial charge is 0.255 e. The highest BCUT2D eigenvalue weighted by atomic mass is 32.2. The third kappa shape index (κ3) is 3.80. The Morgan fingerprint density at radius 1 is 1.00 bits per heavy atom. The Labute approximate surface area is 146 Å². The van der Waals surface area contributed by atoms with Crippen LogP contribution in [0.2, 0.25) is 0 Å². The highest BCUT2D eigenvalue weighted by Crippen LogP contribution is 2.21. The van der Waals surface area contributed by atoms with Gasteiger partial charge in [0.25, 0.3) is 5.91 Å². The predicted octanol–water partition coefficient (Wildman–Crippen LogP) is 2.68. The molecule has 0 radical (unpaired) electrons. The third-order valence-corrected chi connectivity index (χ3v) is 6.57. The molecule has 0 atom stereocenters. The lowest BCUT2D eigenvalue weighted by molar-refractivity contribution is 0.102. The Hall–Kier alpha value is -1.83. The number of hydrogen-bond donors (Lipinski definition) is 1. The zero-order chi connectivity index (χ0) is 17.0. The fourth-order valence-electron chi connectivity index (χ4n) is 2.46. The molecule has 126 valence electrons. The average Bonchev–Trinajstić information content (AvgIpc) is 2.63. The largest absolute Gasteiger partial charge is 0.322 e. The van der Waals surface area contributed by atoms with E-state index < -0.39 is 10.0 Å². The zero-order valence-corrected chi connectivity index (χ0v) is 14.6. The SMILES string of the molecule is O=C(Nc1ccccc1)c1cccc(S(=O)(=O)N2CCSCC2)c1. The van der Waals surface area contributed by atoms with E-state index in [-0.39, 0.29) is 10.8 Å². The number of carbonyl (C=O) groups excluding carboxylic acids is 1. The number of para-hydroxylation sites is 1. The molecule has 24 heavy (non-hydrogen) atoms. The van der Waals surface area contributed by atoms with Crippen LogP contribution in [0.5, 0.6) is 0 Å². The molecule has 5 nitrogen and oxygen atoms in total. The molecule has 7 heteroatoms. The molecule has 2 aromatic rings. The maximum atomic E-state index is 12.7. The van der Waals surface area contributed by atoms with Crippen LogP contribution < -0.4 is 5.32 Å². The van der Waals surface area contributed by atoms with Crippen molar-refractivity contribution >= 4 is 33.4 Å². The molecule has 0 saturated carbocycles. The second-order valence-electron chi connectivity index (χ2n) is 5.36. The molecule has 1 aliphatic heterocycles. The number of benzene rings is 2. The summed E-state index contributed by atoms with van der Waals surface area (Å²) in [6.07, 6.45) is 0. The molecule has 0 aromatic heterocycles. The summed E-state index contributed by atoms with van der Waals surface area (Å²) in [6.45, 7) is 1.01. The monoisotopic (exact) mass is 362 g/mol. The Kier molecular flexibility index (Phi) is 5.23. The Morgan fingerprint density at radius 3 is 2.42 bits per heavy atom. The van der Waals surface area contributed by atoms with Crippen molar-refractivity contribution < 1.29 is 13.2 Å². The molecule has 0 aliphatic carbocycles. The Balaban J connectivity index is 1.82. The number of anilines is 1. The average molecular weight is 362 g/mol. The Morgan fingerprint density at radius 2 is 1.71 bits per heavy atom. The summed E-state index contributed by atoms with van der Waals surface area (Å²) >= 11 is 1.75. The third-order valence-electron chi connectivity index (χ3n) is 3.74. The lowest BCUT2D eigenvalue weighted by Crippen LogP contribution is -2.37. The molecular formula is C17H18N2O3S2. The van der Waals surface area contributed by atoms with Crippen molar-refractivity contribution in [2.45, 2.75) is 4.90 Å². The van der Waals surface area contributed by atoms with Crippen molar-refractivity contribution in [3.63, 3.8) is 0 Å². The first-order valence-electron chi connectivity index (χ1n) is 7.62. The highest BCUT2D eigenvalue weighted by Gasteiger charge is 2.26. The van der Waals surface area contributed by atoms with Crippen molar-refractivity contribution in [3.05, 3.63) is 60.2 Å². The molecule has 2 aromatic carbocycles. The first kappa shape index (κ1) is 17.0. The summed E-state index contributed by atoms with van der Waals surface area (Å²) in [5.41, 5.74) is 0.995. The molecule has 0 bridgehead atoms. The van der Waals surface area contributed by atoms with Gasteiger partial charge in [-0.05, 0) is 30.3 Å². The number of carbonyl (C=O) groups is 1. The lowest BCUT2D eigenvalue weighted by atomic mass is 10.2. The molecule has 1 fully saturated rings. The van der Waals surface area contributed by atoms with Gasteiger partial charge in [0, 0.05) is 35.8 Å². The molecule has 3 rings (SSSR count). The minimum absolute atomic E-state index is 0.162. The van der Waals surface area contributed by atoms with Gasteiger partial charge in [0.15, 0.2) is 0 Å². The summed E-state index contributed by atoms with van der Waals surface area (Å²) in [5.74, 6) is 1.27. The highest BCUT2D eigenvalue weighted by molar-refractivity contribution is 7.99. The van der Waals surface area contributed by atoms with Crippen LogP contribution in [0.3, 0.4) is 0 Å². The van der Waals surface area contributed by atoms with Gasteiger partial charge >= 0.3 is 0 Å². The van der Waals surface area contributed by atoms with Gasteiger partial charge in [-0.2, -0.15) is 16.1 Å². The molecule has 1 saturated heterocycles. The van der Waals surface area contributed by atoms with Crippen LogP contribution in [0, 0.1) is 0 Å². The van der Waals surface area contributed by atoms with Crippen LogP contribution in [0.1, 0.15) is 10.4 Å². The zero-order valence-electron chi connectivity index (χ0n) is 13.0. The van der Waals surface area contributed by atoms with Crippen molar-refractivity contribution in [1.29, 1.82) is 0 Å². The van der Waals surface area contributed by atoms with Crippen molar-refractivity contribution in [3.8, 4) is 0 Å². The maximum absolute atomic E-state index is 12.7. The normalized spacial score (nSPS) is 15.8. The van der Waals surface area contributed by atoms with Crippen molar-refractivity contribution in [2.75, 3.05) is 29.9 Å². The summed E-state index contributed by atoms with van der Waals surface area (Å²) < 4.78 is 26.9. The van der Waals surface area contributed by atoms with Gasteiger partial charge < -0.3 is 5.32 Å². The second kappa shape index (κ2) is 7.38. The van der Waals surface area contributed by atoms with Crippen LogP contribution in [0.4, 0.5) is 5.69 Å². The van der Waals surface area contributed by atoms with Crippen LogP contribution in [0.25, 0.3) is 0 Å². The molecule has 0 spiro atoms. The summed E-state index contributed by atoms with van der Waals surface area (Å²) in [4.78, 5) is 12.5. The minimum atomic E-state index is -3.55. The molecule has 1 aliphatic rings. The summed E-state index contributed by atoms with van der Waals surface area (Å²) in [6, 6.07) is 15.3. The quantitative estimate of drug-likeness (QED) is 0.908. The molecule has 1 heterocycles. The van der Waals surface area contributed by atoms with Crippen molar-refractivity contribution in [2.24, 2.45) is 0 Å². The first-order chi connectivity index (χ1) is 11.6. The van der Waals surface area contributed by atoms with E-state index in [9.17, 15) is 13.2 Å². The van der Waals surface area contributed by atoms with Gasteiger partial charge in [-0.3, -0.25) is 4.79 Å². The number of amides is 1. The van der Waals surface area contributed by atoms with E-state index in [4.69, 9.17) is 0 Å². The first-order valence-corrected chi connectivity index (χ1v) is 10.2. The van der Waals surface area contributed by atoms with Crippen LogP contribution in [0.15, 0.2) is 59.5 Å². The summed E-state index contributed by atoms with van der Waals surface area (Å²) in [7, 11) is -3.55. The van der Waals surface area contributed by atoms with E-state index in [1.54, 1.807) is 36.0 Å². The topological polar surface area (TPSA) is 66.5 Å². The van der Waals surface area contributed by atoms with Gasteiger partial charge in [-0.1, -0.05) is 24.3 Å². The van der Waals surface area contributed by atoms with Gasteiger partial charge in [0.2, 0.25) is 10.0 Å². The molecule has 1 N–H and O–H groups in total. The van der Waals surface area contributed by atoms with Gasteiger partial charge in [0.05, 0.1) is 4.90 Å². The van der Waals surface area contributed by atoms with E-state index in [2.05, 4.69) is 5.32 Å². The fraction of sp³-hybridized carbons (Fsp3) is 0.235. The number of thioether (sulfide) groups is 1. The lowest BCUT2D eigenvalue weighted by Gasteiger charge is -2.25. The van der Waals surface area contributed by atoms with E-state index in [0.717, 1.165) is 11.5 Å². The van der Waals surface area contributed by atoms with Gasteiger partial charge in [-0.25, -0.2) is 8.42 Å². The van der Waals surface area contributed by atoms with E-state index >= 15 is 0 Å². The standard InChI is InChI=1S/C17H18N2O3S2/c20-17(18-15-6-2-1-3-7-15)14-5-4-8-16(13-14)24(21,22)19-9-11-23-12-10-19/h1-8,13H,9-12H2,(H,18,20). The Bertz CT molecular complexity index is 817. The van der Waals surface area contributed by atoms with Gasteiger partial charge in [0.1, 0.15) is 0 Å². The van der Waals surface area contributed by atoms with Gasteiger partial charge in [-0.15, -0.1) is 0 Å². The van der Waals surface area contributed by atoms with Crippen LogP contribution in [-0.4, -0.2) is 43.2 Å². The maximum Gasteiger partial charge on any atom is 0.255 e. The molecule has 1 amide bonds. The predicted molar refractivity (Wildman–Crippen MR) is 96.9 cm³/mol. The fourth-order valence-corrected chi connectivity index (χ4v) is 5.08. The van der Waals surface area contributed by atoms with Crippen LogP contribution >= 0.6 is 11.8 Å². The van der Waals surface area contributed by atoms with E-state index in [1.807, 2.05) is 18.2 Å². The second-order valence-corrected chi connectivity index (χ2v) is 8.53. The van der Waals surface area contributed by atoms with Crippen molar-refractivity contribution in [1.82, 2.24) is 4.31 Å². The molecule has 0 unspecified atom stereocenters. The number of nitrogens with zero attached hydrogens (tertiary/aromatic N) is 1. The number of hydrogen-bond acceptors (Lipinski definition) is 4. The van der Waals surface area contributed by atoms with E-state index in [1.165, 1.54) is 16.4 Å².